The summed E-state index contributed by atoms with van der Waals surface area (Å²) < 4.78 is 0. The molecule has 0 spiro atoms. The van der Waals surface area contributed by atoms with Crippen molar-refractivity contribution in [2.75, 3.05) is 0 Å². The van der Waals surface area contributed by atoms with Gasteiger partial charge in [0, 0.05) is 0 Å². The summed E-state index contributed by atoms with van der Waals surface area (Å²) in [4.78, 5) is 11.7. The van der Waals surface area contributed by atoms with E-state index in [2.05, 4.69) is 13.8 Å². The van der Waals surface area contributed by atoms with E-state index in [0.717, 1.165) is 43.9 Å². The van der Waals surface area contributed by atoms with E-state index in [4.69, 9.17) is 0 Å². The largest absolute Gasteiger partial charge is 0.481 e. The highest BCUT2D eigenvalue weighted by atomic mass is 16.4. The third kappa shape index (κ3) is 2.14. The van der Waals surface area contributed by atoms with E-state index in [9.17, 15) is 15.0 Å². The van der Waals surface area contributed by atoms with Gasteiger partial charge in [-0.1, -0.05) is 13.8 Å². The Morgan fingerprint density at radius 2 is 1.61 bits per heavy atom. The summed E-state index contributed by atoms with van der Waals surface area (Å²) in [6.07, 6.45) is 9.90. The highest BCUT2D eigenvalue weighted by molar-refractivity contribution is 5.71. The average molecular weight is 320 g/mol. The van der Waals surface area contributed by atoms with Crippen LogP contribution in [0.25, 0.3) is 0 Å². The van der Waals surface area contributed by atoms with Crippen molar-refractivity contribution in [3.63, 3.8) is 0 Å². The third-order valence-corrected chi connectivity index (χ3v) is 8.94. The van der Waals surface area contributed by atoms with Gasteiger partial charge < -0.3 is 10.2 Å². The predicted molar refractivity (Wildman–Crippen MR) is 88.9 cm³/mol. The molecule has 0 aromatic carbocycles. The Balaban J connectivity index is 1.61. The van der Waals surface area contributed by atoms with Crippen LogP contribution in [0.3, 0.4) is 0 Å². The van der Waals surface area contributed by atoms with Crippen LogP contribution in [0.5, 0.6) is 0 Å². The summed E-state index contributed by atoms with van der Waals surface area (Å²) in [6, 6.07) is 0. The quantitative estimate of drug-likeness (QED) is 0.765. The molecular formula is C20H32O3. The molecule has 4 aliphatic carbocycles. The minimum absolute atomic E-state index is 0.0321. The lowest BCUT2D eigenvalue weighted by Gasteiger charge is -2.60. The molecule has 3 heteroatoms. The lowest BCUT2D eigenvalue weighted by atomic mass is 9.44. The SMILES string of the molecule is C[C@]12CC[C@@H](O)C[C@@H]1CC[C@@H]1[C@H]2CC[C@]2(C)[C@@H](C(=O)O)CC[C@@H]12. The summed E-state index contributed by atoms with van der Waals surface area (Å²) in [5.74, 6) is 2.12. The second kappa shape index (κ2) is 5.21. The van der Waals surface area contributed by atoms with Gasteiger partial charge in [0.1, 0.15) is 0 Å². The standard InChI is InChI=1S/C20H32O3/c1-19-9-7-13(21)11-12(19)3-4-14-15-5-6-17(18(22)23)20(15,2)10-8-16(14)19/h12-17,21H,3-11H2,1-2H3,(H,22,23)/t12-,13+,14-,15-,16+,17+,19-,20-/m0/s1. The van der Waals surface area contributed by atoms with Crippen LogP contribution in [-0.4, -0.2) is 22.3 Å². The van der Waals surface area contributed by atoms with E-state index in [1.54, 1.807) is 0 Å². The Morgan fingerprint density at radius 1 is 0.913 bits per heavy atom. The first-order valence-corrected chi connectivity index (χ1v) is 9.77. The second-order valence-corrected chi connectivity index (χ2v) is 9.60. The number of carbonyl (C=O) groups is 1. The number of aliphatic hydroxyl groups is 1. The van der Waals surface area contributed by atoms with E-state index in [-0.39, 0.29) is 17.4 Å². The minimum atomic E-state index is -0.561. The lowest BCUT2D eigenvalue weighted by Crippen LogP contribution is -2.54. The van der Waals surface area contributed by atoms with Gasteiger partial charge in [0.05, 0.1) is 12.0 Å². The minimum Gasteiger partial charge on any atom is -0.481 e. The highest BCUT2D eigenvalue weighted by Crippen LogP contribution is 2.67. The average Bonchev–Trinajstić information content (AvgIpc) is 2.85. The van der Waals surface area contributed by atoms with Crippen LogP contribution in [0, 0.1) is 40.4 Å². The van der Waals surface area contributed by atoms with Gasteiger partial charge in [-0.25, -0.2) is 0 Å². The summed E-state index contributed by atoms with van der Waals surface area (Å²) in [5.41, 5.74) is 0.426. The molecule has 0 bridgehead atoms. The molecule has 0 aromatic heterocycles. The molecule has 0 radical (unpaired) electrons. The molecule has 130 valence electrons. The summed E-state index contributed by atoms with van der Waals surface area (Å²) in [7, 11) is 0. The summed E-state index contributed by atoms with van der Waals surface area (Å²) >= 11 is 0. The van der Waals surface area contributed by atoms with Crippen molar-refractivity contribution in [3.05, 3.63) is 0 Å². The Morgan fingerprint density at radius 3 is 2.35 bits per heavy atom. The number of aliphatic carboxylic acids is 1. The molecular weight excluding hydrogens is 288 g/mol. The predicted octanol–water partition coefficient (Wildman–Crippen LogP) is 4.09. The summed E-state index contributed by atoms with van der Waals surface area (Å²) in [5, 5.41) is 19.7. The maximum atomic E-state index is 11.7. The first-order valence-electron chi connectivity index (χ1n) is 9.77. The normalized spacial score (nSPS) is 55.6. The van der Waals surface area contributed by atoms with Crippen LogP contribution >= 0.6 is 0 Å². The topological polar surface area (TPSA) is 57.5 Å². The zero-order chi connectivity index (χ0) is 16.4. The molecule has 0 heterocycles. The Bertz CT molecular complexity index is 503. The van der Waals surface area contributed by atoms with E-state index in [1.165, 1.54) is 25.7 Å². The van der Waals surface area contributed by atoms with E-state index in [0.29, 0.717) is 17.3 Å². The van der Waals surface area contributed by atoms with Crippen molar-refractivity contribution in [2.45, 2.75) is 77.7 Å². The lowest BCUT2D eigenvalue weighted by molar-refractivity contribution is -0.154. The van der Waals surface area contributed by atoms with Crippen molar-refractivity contribution in [3.8, 4) is 0 Å². The van der Waals surface area contributed by atoms with Gasteiger partial charge in [-0.05, 0) is 92.3 Å². The van der Waals surface area contributed by atoms with Crippen molar-refractivity contribution in [1.29, 1.82) is 0 Å². The first kappa shape index (κ1) is 15.9. The molecule has 4 aliphatic rings. The molecule has 2 N–H and O–H groups in total. The van der Waals surface area contributed by atoms with Crippen molar-refractivity contribution >= 4 is 5.97 Å². The molecule has 3 nitrogen and oxygen atoms in total. The molecule has 4 fully saturated rings. The van der Waals surface area contributed by atoms with E-state index < -0.39 is 5.97 Å². The van der Waals surface area contributed by atoms with Crippen molar-refractivity contribution in [2.24, 2.45) is 40.4 Å². The zero-order valence-electron chi connectivity index (χ0n) is 14.6. The van der Waals surface area contributed by atoms with Crippen LogP contribution in [0.15, 0.2) is 0 Å². The molecule has 0 aromatic rings. The fourth-order valence-electron chi connectivity index (χ4n) is 7.64. The second-order valence-electron chi connectivity index (χ2n) is 9.60. The Labute approximate surface area is 139 Å². The maximum absolute atomic E-state index is 11.7. The molecule has 23 heavy (non-hydrogen) atoms. The molecule has 8 atom stereocenters. The van der Waals surface area contributed by atoms with Gasteiger partial charge in [-0.3, -0.25) is 4.79 Å². The van der Waals surface area contributed by atoms with Crippen LogP contribution in [-0.2, 0) is 4.79 Å². The molecule has 0 amide bonds. The van der Waals surface area contributed by atoms with E-state index >= 15 is 0 Å². The molecule has 0 aliphatic heterocycles. The number of aliphatic hydroxyl groups excluding tert-OH is 1. The fraction of sp³-hybridized carbons (Fsp3) is 0.950. The first-order chi connectivity index (χ1) is 10.9. The molecule has 4 rings (SSSR count). The number of carboxylic acids is 1. The van der Waals surface area contributed by atoms with Crippen molar-refractivity contribution < 1.29 is 15.0 Å². The van der Waals surface area contributed by atoms with Gasteiger partial charge in [0.15, 0.2) is 0 Å². The molecule has 0 saturated heterocycles. The van der Waals surface area contributed by atoms with Gasteiger partial charge in [0.25, 0.3) is 0 Å². The summed E-state index contributed by atoms with van der Waals surface area (Å²) in [6.45, 7) is 4.77. The fourth-order valence-corrected chi connectivity index (χ4v) is 7.64. The molecule has 0 unspecified atom stereocenters. The Kier molecular flexibility index (Phi) is 3.61. The zero-order valence-corrected chi connectivity index (χ0v) is 14.6. The third-order valence-electron chi connectivity index (χ3n) is 8.94. The van der Waals surface area contributed by atoms with Gasteiger partial charge in [0.2, 0.25) is 0 Å². The number of fused-ring (bicyclic) bond motifs is 5. The number of hydrogen-bond acceptors (Lipinski definition) is 2. The Hall–Kier alpha value is -0.570. The monoisotopic (exact) mass is 320 g/mol. The van der Waals surface area contributed by atoms with Gasteiger partial charge >= 0.3 is 5.97 Å². The van der Waals surface area contributed by atoms with Crippen LogP contribution in [0.2, 0.25) is 0 Å². The van der Waals surface area contributed by atoms with Crippen LogP contribution < -0.4 is 0 Å². The van der Waals surface area contributed by atoms with Crippen LogP contribution in [0.1, 0.15) is 71.6 Å². The number of carboxylic acid groups (broad SMARTS) is 1. The smallest absolute Gasteiger partial charge is 0.307 e. The van der Waals surface area contributed by atoms with Gasteiger partial charge in [-0.2, -0.15) is 0 Å². The van der Waals surface area contributed by atoms with Gasteiger partial charge in [-0.15, -0.1) is 0 Å². The van der Waals surface area contributed by atoms with Crippen molar-refractivity contribution in [1.82, 2.24) is 0 Å². The van der Waals surface area contributed by atoms with Crippen LogP contribution in [0.4, 0.5) is 0 Å². The number of rotatable bonds is 1. The highest BCUT2D eigenvalue weighted by Gasteiger charge is 2.61. The van der Waals surface area contributed by atoms with E-state index in [1.807, 2.05) is 0 Å². The molecule has 4 saturated carbocycles. The number of hydrogen-bond donors (Lipinski definition) is 2. The maximum Gasteiger partial charge on any atom is 0.307 e.